The fourth-order valence-corrected chi connectivity index (χ4v) is 3.30. The molecule has 0 unspecified atom stereocenters. The molecule has 3 heterocycles. The minimum Gasteiger partial charge on any atom is -0.484 e. The van der Waals surface area contributed by atoms with E-state index >= 15 is 0 Å². The fourth-order valence-electron chi connectivity index (χ4n) is 3.30. The minimum absolute atomic E-state index is 0.316. The Morgan fingerprint density at radius 1 is 1.23 bits per heavy atom. The van der Waals surface area contributed by atoms with E-state index in [1.807, 2.05) is 30.3 Å². The lowest BCUT2D eigenvalue weighted by Crippen LogP contribution is -2.53. The van der Waals surface area contributed by atoms with Gasteiger partial charge >= 0.3 is 0 Å². The molecular weight excluding hydrogens is 389 g/mol. The summed E-state index contributed by atoms with van der Waals surface area (Å²) in [5.41, 5.74) is 0.535. The van der Waals surface area contributed by atoms with E-state index in [-0.39, 0.29) is 5.69 Å². The molecule has 0 spiro atoms. The highest BCUT2D eigenvalue weighted by atomic mass is 19.1. The zero-order chi connectivity index (χ0) is 21.3. The molecule has 30 heavy (non-hydrogen) atoms. The van der Waals surface area contributed by atoms with Crippen LogP contribution in [-0.4, -0.2) is 45.8 Å². The van der Waals surface area contributed by atoms with Crippen LogP contribution in [0.3, 0.4) is 0 Å². The number of anilines is 1. The standard InChI is InChI=1S/C21H20FN5O3/c1-13-17(21(29)26(2)19-16(30-13)9-6-10-23-19)24-20(28)18-15(22)12-27(25-18)11-14-7-4-3-5-8-14/h3-10,12-13,17H,11H2,1-2H3,(H,24,28)/t13-,17-/m0/s1. The van der Waals surface area contributed by atoms with Crippen LogP contribution >= 0.6 is 0 Å². The van der Waals surface area contributed by atoms with Crippen LogP contribution in [0.4, 0.5) is 10.2 Å². The molecule has 4 rings (SSSR count). The molecule has 1 N–H and O–H groups in total. The summed E-state index contributed by atoms with van der Waals surface area (Å²) >= 11 is 0. The fraction of sp³-hybridized carbons (Fsp3) is 0.238. The van der Waals surface area contributed by atoms with E-state index < -0.39 is 29.8 Å². The second-order valence-corrected chi connectivity index (χ2v) is 7.01. The second kappa shape index (κ2) is 7.94. The van der Waals surface area contributed by atoms with Crippen LogP contribution in [0, 0.1) is 5.82 Å². The lowest BCUT2D eigenvalue weighted by molar-refractivity contribution is -0.121. The molecule has 154 valence electrons. The van der Waals surface area contributed by atoms with E-state index in [0.717, 1.165) is 11.8 Å². The third-order valence-electron chi connectivity index (χ3n) is 4.85. The van der Waals surface area contributed by atoms with Gasteiger partial charge in [0.1, 0.15) is 12.1 Å². The van der Waals surface area contributed by atoms with Crippen LogP contribution in [0.15, 0.2) is 54.9 Å². The van der Waals surface area contributed by atoms with Crippen molar-refractivity contribution < 1.29 is 18.7 Å². The normalized spacial score (nSPS) is 18.4. The first-order valence-electron chi connectivity index (χ1n) is 9.41. The molecule has 2 amide bonds. The molecule has 0 saturated heterocycles. The number of amides is 2. The molecule has 3 aromatic rings. The number of halogens is 1. The quantitative estimate of drug-likeness (QED) is 0.712. The van der Waals surface area contributed by atoms with Crippen LogP contribution in [0.5, 0.6) is 5.75 Å². The smallest absolute Gasteiger partial charge is 0.275 e. The van der Waals surface area contributed by atoms with Gasteiger partial charge in [-0.2, -0.15) is 5.10 Å². The SMILES string of the molecule is C[C@@H]1Oc2cccnc2N(C)C(=O)[C@H]1NC(=O)c1nn(Cc2ccccc2)cc1F. The van der Waals surface area contributed by atoms with Crippen molar-refractivity contribution in [1.82, 2.24) is 20.1 Å². The molecule has 1 aromatic carbocycles. The average molecular weight is 409 g/mol. The Morgan fingerprint density at radius 3 is 2.77 bits per heavy atom. The van der Waals surface area contributed by atoms with Crippen LogP contribution in [0.2, 0.25) is 0 Å². The van der Waals surface area contributed by atoms with Gasteiger partial charge in [0.15, 0.2) is 23.1 Å². The molecule has 0 saturated carbocycles. The Balaban J connectivity index is 1.53. The molecule has 0 bridgehead atoms. The maximum Gasteiger partial charge on any atom is 0.275 e. The molecule has 0 aliphatic carbocycles. The van der Waals surface area contributed by atoms with Crippen molar-refractivity contribution >= 4 is 17.6 Å². The summed E-state index contributed by atoms with van der Waals surface area (Å²) in [6.07, 6.45) is 2.01. The van der Waals surface area contributed by atoms with Gasteiger partial charge in [-0.3, -0.25) is 19.2 Å². The molecule has 0 radical (unpaired) electrons. The van der Waals surface area contributed by atoms with E-state index in [0.29, 0.717) is 18.1 Å². The van der Waals surface area contributed by atoms with E-state index in [9.17, 15) is 14.0 Å². The summed E-state index contributed by atoms with van der Waals surface area (Å²) < 4.78 is 21.6. The number of fused-ring (bicyclic) bond motifs is 1. The monoisotopic (exact) mass is 409 g/mol. The van der Waals surface area contributed by atoms with E-state index in [1.165, 1.54) is 9.58 Å². The molecule has 1 aliphatic heterocycles. The maximum absolute atomic E-state index is 14.4. The number of ether oxygens (including phenoxy) is 1. The maximum atomic E-state index is 14.4. The number of pyridine rings is 1. The minimum atomic E-state index is -1.03. The Bertz CT molecular complexity index is 1090. The number of carbonyl (C=O) groups is 2. The lowest BCUT2D eigenvalue weighted by atomic mass is 10.1. The summed E-state index contributed by atoms with van der Waals surface area (Å²) in [7, 11) is 1.55. The van der Waals surface area contributed by atoms with Crippen LogP contribution in [0.25, 0.3) is 0 Å². The highest BCUT2D eigenvalue weighted by Gasteiger charge is 2.37. The molecular formula is C21H20FN5O3. The van der Waals surface area contributed by atoms with Crippen LogP contribution in [-0.2, 0) is 11.3 Å². The van der Waals surface area contributed by atoms with Crippen molar-refractivity contribution in [1.29, 1.82) is 0 Å². The summed E-state index contributed by atoms with van der Waals surface area (Å²) in [6.45, 7) is 1.97. The summed E-state index contributed by atoms with van der Waals surface area (Å²) in [6, 6.07) is 11.7. The highest BCUT2D eigenvalue weighted by molar-refractivity contribution is 6.02. The second-order valence-electron chi connectivity index (χ2n) is 7.01. The molecule has 8 nitrogen and oxygen atoms in total. The number of nitrogens with zero attached hydrogens (tertiary/aromatic N) is 4. The third kappa shape index (κ3) is 3.73. The largest absolute Gasteiger partial charge is 0.484 e. The Kier molecular flexibility index (Phi) is 5.18. The van der Waals surface area contributed by atoms with Crippen LogP contribution in [0.1, 0.15) is 23.0 Å². The first kappa shape index (κ1) is 19.6. The van der Waals surface area contributed by atoms with Crippen molar-refractivity contribution in [3.05, 3.63) is 71.9 Å². The predicted octanol–water partition coefficient (Wildman–Crippen LogP) is 2.01. The van der Waals surface area contributed by atoms with Gasteiger partial charge in [0.2, 0.25) is 0 Å². The third-order valence-corrected chi connectivity index (χ3v) is 4.85. The Hall–Kier alpha value is -3.75. The van der Waals surface area contributed by atoms with Crippen molar-refractivity contribution in [2.45, 2.75) is 25.6 Å². The molecule has 9 heteroatoms. The Labute approximate surface area is 172 Å². The highest BCUT2D eigenvalue weighted by Crippen LogP contribution is 2.29. The topological polar surface area (TPSA) is 89.3 Å². The number of likely N-dealkylation sites (N-methyl/N-ethyl adjacent to an activating group) is 1. The van der Waals surface area contributed by atoms with Gasteiger partial charge in [-0.15, -0.1) is 0 Å². The van der Waals surface area contributed by atoms with Crippen LogP contribution < -0.4 is 15.0 Å². The number of nitrogens with one attached hydrogen (secondary N) is 1. The van der Waals surface area contributed by atoms with Gasteiger partial charge in [-0.05, 0) is 24.6 Å². The molecule has 1 aliphatic rings. The average Bonchev–Trinajstić information content (AvgIpc) is 3.08. The summed E-state index contributed by atoms with van der Waals surface area (Å²) in [5.74, 6) is -1.20. The zero-order valence-corrected chi connectivity index (χ0v) is 16.4. The number of rotatable bonds is 4. The van der Waals surface area contributed by atoms with E-state index in [1.54, 1.807) is 32.3 Å². The summed E-state index contributed by atoms with van der Waals surface area (Å²) in [5, 5.41) is 6.61. The number of aromatic nitrogens is 3. The zero-order valence-electron chi connectivity index (χ0n) is 16.4. The van der Waals surface area contributed by atoms with Gasteiger partial charge in [0, 0.05) is 13.2 Å². The first-order chi connectivity index (χ1) is 14.4. The van der Waals surface area contributed by atoms with Gasteiger partial charge in [0.05, 0.1) is 12.7 Å². The van der Waals surface area contributed by atoms with Crippen molar-refractivity contribution in [2.24, 2.45) is 0 Å². The summed E-state index contributed by atoms with van der Waals surface area (Å²) in [4.78, 5) is 31.1. The van der Waals surface area contributed by atoms with E-state index in [4.69, 9.17) is 4.74 Å². The number of hydrogen-bond acceptors (Lipinski definition) is 5. The van der Waals surface area contributed by atoms with Gasteiger partial charge < -0.3 is 10.1 Å². The predicted molar refractivity (Wildman–Crippen MR) is 107 cm³/mol. The van der Waals surface area contributed by atoms with E-state index in [2.05, 4.69) is 15.4 Å². The Morgan fingerprint density at radius 2 is 2.00 bits per heavy atom. The van der Waals surface area contributed by atoms with Crippen molar-refractivity contribution in [3.8, 4) is 5.75 Å². The number of carbonyl (C=O) groups excluding carboxylic acids is 2. The number of benzene rings is 1. The van der Waals surface area contributed by atoms with Gasteiger partial charge in [0.25, 0.3) is 11.8 Å². The number of hydrogen-bond donors (Lipinski definition) is 1. The molecule has 0 fully saturated rings. The lowest BCUT2D eigenvalue weighted by Gasteiger charge is -2.23. The molecule has 2 atom stereocenters. The van der Waals surface area contributed by atoms with Crippen molar-refractivity contribution in [2.75, 3.05) is 11.9 Å². The van der Waals surface area contributed by atoms with Gasteiger partial charge in [-0.25, -0.2) is 9.37 Å². The molecule has 2 aromatic heterocycles. The first-order valence-corrected chi connectivity index (χ1v) is 9.41. The van der Waals surface area contributed by atoms with Gasteiger partial charge in [-0.1, -0.05) is 30.3 Å². The van der Waals surface area contributed by atoms with Crippen molar-refractivity contribution in [3.63, 3.8) is 0 Å².